The summed E-state index contributed by atoms with van der Waals surface area (Å²) in [5.74, 6) is -0.446. The quantitative estimate of drug-likeness (QED) is 0.579. The lowest BCUT2D eigenvalue weighted by atomic mass is 10.0. The van der Waals surface area contributed by atoms with Gasteiger partial charge in [0.05, 0.1) is 11.3 Å². The minimum atomic E-state index is -0.668. The Morgan fingerprint density at radius 1 is 1.11 bits per heavy atom. The first kappa shape index (κ1) is 26.7. The first-order valence-electron chi connectivity index (χ1n) is 12.1. The highest BCUT2D eigenvalue weighted by atomic mass is 16.6. The van der Waals surface area contributed by atoms with Gasteiger partial charge in [-0.05, 0) is 56.9 Å². The van der Waals surface area contributed by atoms with Gasteiger partial charge in [-0.15, -0.1) is 0 Å². The Hall–Kier alpha value is -3.88. The summed E-state index contributed by atoms with van der Waals surface area (Å²) < 4.78 is 10.8. The summed E-state index contributed by atoms with van der Waals surface area (Å²) in [6.07, 6.45) is 3.74. The van der Waals surface area contributed by atoms with Crippen molar-refractivity contribution in [3.05, 3.63) is 71.6 Å². The number of benzene rings is 1. The van der Waals surface area contributed by atoms with Crippen LogP contribution in [0.5, 0.6) is 0 Å². The zero-order valence-electron chi connectivity index (χ0n) is 21.3. The number of nitrogens with zero attached hydrogens (tertiary/aromatic N) is 3. The number of hydrazine groups is 1. The van der Waals surface area contributed by atoms with E-state index < -0.39 is 17.6 Å². The lowest BCUT2D eigenvalue weighted by molar-refractivity contribution is 0.0133. The molecule has 3 rings (SSSR count). The van der Waals surface area contributed by atoms with Crippen molar-refractivity contribution >= 4 is 23.7 Å². The maximum absolute atomic E-state index is 12.7. The van der Waals surface area contributed by atoms with Gasteiger partial charge in [0.1, 0.15) is 12.2 Å². The molecule has 0 spiro atoms. The van der Waals surface area contributed by atoms with Crippen LogP contribution in [0.25, 0.3) is 5.57 Å². The van der Waals surface area contributed by atoms with Crippen LogP contribution in [0.1, 0.15) is 62.2 Å². The molecule has 192 valence electrons. The number of nitrogens with one attached hydrogen (secondary N) is 1. The van der Waals surface area contributed by atoms with Crippen molar-refractivity contribution in [1.82, 2.24) is 20.3 Å². The highest BCUT2D eigenvalue weighted by molar-refractivity contribution is 5.94. The molecule has 0 bridgehead atoms. The largest absolute Gasteiger partial charge is 0.445 e. The number of ether oxygens (including phenoxy) is 2. The minimum absolute atomic E-state index is 0.238. The van der Waals surface area contributed by atoms with Crippen molar-refractivity contribution in [3.63, 3.8) is 0 Å². The third-order valence-electron chi connectivity index (χ3n) is 5.32. The van der Waals surface area contributed by atoms with Gasteiger partial charge in [0, 0.05) is 25.8 Å². The number of amides is 3. The summed E-state index contributed by atoms with van der Waals surface area (Å²) in [6, 6.07) is 13.0. The molecule has 0 fully saturated rings. The predicted molar refractivity (Wildman–Crippen MR) is 136 cm³/mol. The zero-order chi connectivity index (χ0) is 26.1. The van der Waals surface area contributed by atoms with Gasteiger partial charge in [-0.2, -0.15) is 0 Å². The molecule has 0 unspecified atom stereocenters. The van der Waals surface area contributed by atoms with Crippen LogP contribution in [-0.2, 0) is 16.1 Å². The molecule has 1 aliphatic rings. The van der Waals surface area contributed by atoms with Gasteiger partial charge < -0.3 is 14.4 Å². The maximum atomic E-state index is 12.7. The Labute approximate surface area is 212 Å². The number of hydrogen-bond donors (Lipinski definition) is 1. The molecule has 0 saturated heterocycles. The second-order valence-corrected chi connectivity index (χ2v) is 9.47. The topological polar surface area (TPSA) is 101 Å². The molecule has 0 atom stereocenters. The van der Waals surface area contributed by atoms with Crippen LogP contribution in [0.15, 0.2) is 54.7 Å². The van der Waals surface area contributed by atoms with E-state index in [1.807, 2.05) is 43.3 Å². The molecule has 0 saturated carbocycles. The molecule has 0 radical (unpaired) electrons. The van der Waals surface area contributed by atoms with Gasteiger partial charge in [-0.1, -0.05) is 43.3 Å². The fraction of sp³-hybridized carbons (Fsp3) is 0.407. The Morgan fingerprint density at radius 2 is 1.86 bits per heavy atom. The van der Waals surface area contributed by atoms with E-state index in [-0.39, 0.29) is 12.7 Å². The van der Waals surface area contributed by atoms with E-state index in [0.29, 0.717) is 38.0 Å². The molecule has 3 amide bonds. The molecule has 9 nitrogen and oxygen atoms in total. The van der Waals surface area contributed by atoms with Crippen LogP contribution in [0.3, 0.4) is 0 Å². The lowest BCUT2D eigenvalue weighted by Gasteiger charge is -2.27. The van der Waals surface area contributed by atoms with E-state index >= 15 is 0 Å². The fourth-order valence-corrected chi connectivity index (χ4v) is 3.52. The fourth-order valence-electron chi connectivity index (χ4n) is 3.52. The van der Waals surface area contributed by atoms with Crippen LogP contribution in [0.2, 0.25) is 0 Å². The van der Waals surface area contributed by atoms with Crippen molar-refractivity contribution in [2.75, 3.05) is 19.6 Å². The van der Waals surface area contributed by atoms with E-state index in [9.17, 15) is 14.4 Å². The van der Waals surface area contributed by atoms with Crippen molar-refractivity contribution in [2.24, 2.45) is 0 Å². The molecule has 9 heteroatoms. The van der Waals surface area contributed by atoms with Crippen LogP contribution in [0.4, 0.5) is 9.59 Å². The van der Waals surface area contributed by atoms with Crippen molar-refractivity contribution in [1.29, 1.82) is 0 Å². The second-order valence-electron chi connectivity index (χ2n) is 9.47. The normalized spacial score (nSPS) is 13.4. The second kappa shape index (κ2) is 12.2. The van der Waals surface area contributed by atoms with Crippen LogP contribution in [-0.4, -0.2) is 58.2 Å². The van der Waals surface area contributed by atoms with E-state index in [0.717, 1.165) is 16.8 Å². The molecule has 2 aromatic rings. The molecular weight excluding hydrogens is 460 g/mol. The first-order chi connectivity index (χ1) is 17.2. The lowest BCUT2D eigenvalue weighted by Crippen LogP contribution is -2.48. The van der Waals surface area contributed by atoms with Gasteiger partial charge >= 0.3 is 12.2 Å². The van der Waals surface area contributed by atoms with Crippen LogP contribution < -0.4 is 5.43 Å². The van der Waals surface area contributed by atoms with Gasteiger partial charge in [0.25, 0.3) is 5.91 Å². The number of hydrogen-bond acceptors (Lipinski definition) is 6. The van der Waals surface area contributed by atoms with Crippen molar-refractivity contribution in [3.8, 4) is 0 Å². The number of carbonyl (C=O) groups is 3. The van der Waals surface area contributed by atoms with Crippen LogP contribution in [0, 0.1) is 0 Å². The Morgan fingerprint density at radius 3 is 2.44 bits per heavy atom. The van der Waals surface area contributed by atoms with Crippen molar-refractivity contribution in [2.45, 2.75) is 52.7 Å². The van der Waals surface area contributed by atoms with Gasteiger partial charge in [0.15, 0.2) is 0 Å². The molecule has 36 heavy (non-hydrogen) atoms. The van der Waals surface area contributed by atoms with E-state index in [1.165, 1.54) is 11.2 Å². The molecule has 0 aliphatic carbocycles. The van der Waals surface area contributed by atoms with Gasteiger partial charge in [-0.25, -0.2) is 14.6 Å². The third-order valence-corrected chi connectivity index (χ3v) is 5.32. The van der Waals surface area contributed by atoms with Gasteiger partial charge in [-0.3, -0.25) is 15.2 Å². The van der Waals surface area contributed by atoms with Gasteiger partial charge in [0.2, 0.25) is 0 Å². The average Bonchev–Trinajstić information content (AvgIpc) is 2.87. The molecular formula is C27H34N4O5. The van der Waals surface area contributed by atoms with Crippen LogP contribution >= 0.6 is 0 Å². The average molecular weight is 495 g/mol. The Balaban J connectivity index is 1.55. The summed E-state index contributed by atoms with van der Waals surface area (Å²) in [7, 11) is 0. The highest BCUT2D eigenvalue weighted by Crippen LogP contribution is 2.21. The summed E-state index contributed by atoms with van der Waals surface area (Å²) in [4.78, 5) is 43.5. The molecule has 1 aliphatic heterocycles. The molecule has 2 heterocycles. The molecule has 1 N–H and O–H groups in total. The summed E-state index contributed by atoms with van der Waals surface area (Å²) in [5.41, 5.74) is 4.94. The molecule has 1 aromatic carbocycles. The van der Waals surface area contributed by atoms with Crippen molar-refractivity contribution < 1.29 is 23.9 Å². The first-order valence-corrected chi connectivity index (χ1v) is 12.1. The number of carbonyl (C=O) groups excluding carboxylic acids is 3. The zero-order valence-corrected chi connectivity index (χ0v) is 21.3. The smallest absolute Gasteiger partial charge is 0.429 e. The standard InChI is InChI=1S/C27H34N4O5/c1-5-15-31(26(34)36-27(2,3)4)29-24(32)22-11-12-23(28-18-22)21-13-16-30(17-14-21)25(33)35-19-20-9-7-6-8-10-20/h6-13,18H,5,14-17,19H2,1-4H3,(H,29,32). The maximum Gasteiger partial charge on any atom is 0.429 e. The Bertz CT molecular complexity index is 1080. The summed E-state index contributed by atoms with van der Waals surface area (Å²) in [5, 5.41) is 1.18. The monoisotopic (exact) mass is 494 g/mol. The SMILES string of the molecule is CCCN(NC(=O)c1ccc(C2=CCN(C(=O)OCc3ccccc3)CC2)nc1)C(=O)OC(C)(C)C. The number of aromatic nitrogens is 1. The van der Waals surface area contributed by atoms with E-state index in [2.05, 4.69) is 10.4 Å². The minimum Gasteiger partial charge on any atom is -0.445 e. The Kier molecular flexibility index (Phi) is 9.05. The number of rotatable bonds is 6. The summed E-state index contributed by atoms with van der Waals surface area (Å²) in [6.45, 7) is 8.72. The highest BCUT2D eigenvalue weighted by Gasteiger charge is 2.24. The van der Waals surface area contributed by atoms with E-state index in [1.54, 1.807) is 37.8 Å². The summed E-state index contributed by atoms with van der Waals surface area (Å²) >= 11 is 0. The van der Waals surface area contributed by atoms with E-state index in [4.69, 9.17) is 9.47 Å². The molecule has 1 aromatic heterocycles. The third kappa shape index (κ3) is 7.83. The predicted octanol–water partition coefficient (Wildman–Crippen LogP) is 4.80. The number of pyridine rings is 1.